The first-order valence-corrected chi connectivity index (χ1v) is 5.30. The molecule has 0 aliphatic carbocycles. The highest BCUT2D eigenvalue weighted by Gasteiger charge is 2.18. The predicted molar refractivity (Wildman–Crippen MR) is 54.6 cm³/mol. The van der Waals surface area contributed by atoms with Crippen molar-refractivity contribution >= 4 is 6.09 Å². The van der Waals surface area contributed by atoms with Gasteiger partial charge in [-0.1, -0.05) is 0 Å². The van der Waals surface area contributed by atoms with Crippen LogP contribution in [0.25, 0.3) is 0 Å². The van der Waals surface area contributed by atoms with E-state index in [1.54, 1.807) is 11.9 Å². The van der Waals surface area contributed by atoms with Gasteiger partial charge in [-0.2, -0.15) is 0 Å². The van der Waals surface area contributed by atoms with Crippen LogP contribution >= 0.6 is 0 Å². The zero-order chi connectivity index (χ0) is 11.1. The van der Waals surface area contributed by atoms with Crippen molar-refractivity contribution in [1.29, 1.82) is 0 Å². The van der Waals surface area contributed by atoms with Crippen molar-refractivity contribution in [2.45, 2.75) is 12.8 Å². The third kappa shape index (κ3) is 4.48. The molecule has 15 heavy (non-hydrogen) atoms. The summed E-state index contributed by atoms with van der Waals surface area (Å²) in [5.41, 5.74) is 0. The molecule has 1 aliphatic rings. The van der Waals surface area contributed by atoms with E-state index in [9.17, 15) is 4.79 Å². The number of hydrogen-bond acceptors (Lipinski definition) is 4. The molecule has 0 aromatic rings. The molecule has 5 nitrogen and oxygen atoms in total. The average Bonchev–Trinajstić information content (AvgIpc) is 2.27. The normalized spacial score (nSPS) is 17.5. The van der Waals surface area contributed by atoms with Gasteiger partial charge in [0.05, 0.1) is 6.61 Å². The van der Waals surface area contributed by atoms with E-state index in [-0.39, 0.29) is 19.3 Å². The minimum atomic E-state index is -0.365. The highest BCUT2D eigenvalue weighted by molar-refractivity contribution is 5.67. The van der Waals surface area contributed by atoms with Gasteiger partial charge in [-0.25, -0.2) is 4.79 Å². The summed E-state index contributed by atoms with van der Waals surface area (Å²) in [5, 5.41) is 8.51. The van der Waals surface area contributed by atoms with Crippen molar-refractivity contribution < 1.29 is 19.4 Å². The number of aliphatic hydroxyl groups excluding tert-OH is 1. The van der Waals surface area contributed by atoms with Crippen LogP contribution in [0.4, 0.5) is 4.79 Å². The number of amides is 1. The van der Waals surface area contributed by atoms with E-state index in [0.29, 0.717) is 12.5 Å². The summed E-state index contributed by atoms with van der Waals surface area (Å²) in [6, 6.07) is 0. The number of nitrogens with zero attached hydrogens (tertiary/aromatic N) is 1. The van der Waals surface area contributed by atoms with Crippen molar-refractivity contribution in [2.75, 3.05) is 40.0 Å². The molecule has 0 unspecified atom stereocenters. The van der Waals surface area contributed by atoms with Crippen LogP contribution in [0, 0.1) is 5.92 Å². The number of carbonyl (C=O) groups is 1. The highest BCUT2D eigenvalue weighted by atomic mass is 16.6. The molecule has 1 N–H and O–H groups in total. The van der Waals surface area contributed by atoms with Gasteiger partial charge in [0.25, 0.3) is 0 Å². The maximum Gasteiger partial charge on any atom is 0.409 e. The second kappa shape index (κ2) is 6.63. The summed E-state index contributed by atoms with van der Waals surface area (Å²) in [7, 11) is 1.72. The first-order chi connectivity index (χ1) is 7.24. The SMILES string of the molecule is CN(CC1CCOCC1)C(=O)OCCO. The summed E-state index contributed by atoms with van der Waals surface area (Å²) in [6.07, 6.45) is 1.63. The molecule has 88 valence electrons. The van der Waals surface area contributed by atoms with Crippen LogP contribution in [0.15, 0.2) is 0 Å². The molecule has 1 fully saturated rings. The van der Waals surface area contributed by atoms with Crippen molar-refractivity contribution in [3.8, 4) is 0 Å². The van der Waals surface area contributed by atoms with Gasteiger partial charge in [0.15, 0.2) is 0 Å². The Labute approximate surface area is 90.0 Å². The highest BCUT2D eigenvalue weighted by Crippen LogP contribution is 2.15. The average molecular weight is 217 g/mol. The second-order valence-electron chi connectivity index (χ2n) is 3.77. The monoisotopic (exact) mass is 217 g/mol. The van der Waals surface area contributed by atoms with E-state index >= 15 is 0 Å². The summed E-state index contributed by atoms with van der Waals surface area (Å²) in [4.78, 5) is 12.9. The molecule has 1 heterocycles. The van der Waals surface area contributed by atoms with Crippen LogP contribution in [0.1, 0.15) is 12.8 Å². The molecule has 0 radical (unpaired) electrons. The Balaban J connectivity index is 2.20. The van der Waals surface area contributed by atoms with Gasteiger partial charge in [0.2, 0.25) is 0 Å². The number of aliphatic hydroxyl groups is 1. The van der Waals surface area contributed by atoms with Gasteiger partial charge in [0, 0.05) is 26.8 Å². The van der Waals surface area contributed by atoms with E-state index in [0.717, 1.165) is 26.1 Å². The fourth-order valence-corrected chi connectivity index (χ4v) is 1.63. The van der Waals surface area contributed by atoms with Crippen molar-refractivity contribution in [1.82, 2.24) is 4.90 Å². The number of ether oxygens (including phenoxy) is 2. The van der Waals surface area contributed by atoms with E-state index in [1.807, 2.05) is 0 Å². The Morgan fingerprint density at radius 2 is 2.20 bits per heavy atom. The van der Waals surface area contributed by atoms with Crippen molar-refractivity contribution in [3.05, 3.63) is 0 Å². The number of rotatable bonds is 4. The van der Waals surface area contributed by atoms with E-state index < -0.39 is 0 Å². The first-order valence-electron chi connectivity index (χ1n) is 5.30. The Kier molecular flexibility index (Phi) is 5.42. The molecule has 1 saturated heterocycles. The van der Waals surface area contributed by atoms with Crippen LogP contribution in [0.3, 0.4) is 0 Å². The molecule has 0 saturated carbocycles. The topological polar surface area (TPSA) is 59.0 Å². The van der Waals surface area contributed by atoms with Crippen molar-refractivity contribution in [2.24, 2.45) is 5.92 Å². The second-order valence-corrected chi connectivity index (χ2v) is 3.77. The van der Waals surface area contributed by atoms with Crippen LogP contribution in [0.2, 0.25) is 0 Å². The molecule has 1 aliphatic heterocycles. The maximum absolute atomic E-state index is 11.3. The fourth-order valence-electron chi connectivity index (χ4n) is 1.63. The quantitative estimate of drug-likeness (QED) is 0.744. The lowest BCUT2D eigenvalue weighted by Crippen LogP contribution is -2.34. The third-order valence-corrected chi connectivity index (χ3v) is 2.50. The molecule has 0 spiro atoms. The lowest BCUT2D eigenvalue weighted by atomic mass is 10.0. The van der Waals surface area contributed by atoms with Gasteiger partial charge >= 0.3 is 6.09 Å². The van der Waals surface area contributed by atoms with E-state index in [2.05, 4.69) is 0 Å². The van der Waals surface area contributed by atoms with Crippen LogP contribution in [-0.2, 0) is 9.47 Å². The fraction of sp³-hybridized carbons (Fsp3) is 0.900. The molecule has 1 amide bonds. The van der Waals surface area contributed by atoms with E-state index in [1.165, 1.54) is 0 Å². The Bertz CT molecular complexity index is 192. The minimum absolute atomic E-state index is 0.0664. The summed E-state index contributed by atoms with van der Waals surface area (Å²) >= 11 is 0. The zero-order valence-electron chi connectivity index (χ0n) is 9.15. The largest absolute Gasteiger partial charge is 0.447 e. The molecule has 0 aromatic carbocycles. The number of carbonyl (C=O) groups excluding carboxylic acids is 1. The summed E-state index contributed by atoms with van der Waals surface area (Å²) < 4.78 is 10.0. The Morgan fingerprint density at radius 1 is 1.53 bits per heavy atom. The van der Waals surface area contributed by atoms with Crippen LogP contribution in [-0.4, -0.2) is 56.1 Å². The molecular formula is C10H19NO4. The zero-order valence-corrected chi connectivity index (χ0v) is 9.15. The predicted octanol–water partition coefficient (Wildman–Crippen LogP) is 0.474. The minimum Gasteiger partial charge on any atom is -0.447 e. The van der Waals surface area contributed by atoms with Gasteiger partial charge in [0.1, 0.15) is 6.61 Å². The number of hydrogen-bond donors (Lipinski definition) is 1. The molecule has 1 rings (SSSR count). The third-order valence-electron chi connectivity index (χ3n) is 2.50. The summed E-state index contributed by atoms with van der Waals surface area (Å²) in [5.74, 6) is 0.505. The van der Waals surface area contributed by atoms with Gasteiger partial charge < -0.3 is 19.5 Å². The van der Waals surface area contributed by atoms with Gasteiger partial charge in [-0.15, -0.1) is 0 Å². The smallest absolute Gasteiger partial charge is 0.409 e. The molecule has 0 bridgehead atoms. The lowest BCUT2D eigenvalue weighted by Gasteiger charge is -2.26. The first kappa shape index (κ1) is 12.3. The van der Waals surface area contributed by atoms with Crippen molar-refractivity contribution in [3.63, 3.8) is 0 Å². The Morgan fingerprint density at radius 3 is 2.80 bits per heavy atom. The molecule has 0 atom stereocenters. The van der Waals surface area contributed by atoms with Gasteiger partial charge in [-0.05, 0) is 18.8 Å². The molecule has 0 aromatic heterocycles. The molecule has 5 heteroatoms. The Hall–Kier alpha value is -0.810. The summed E-state index contributed by atoms with van der Waals surface area (Å²) in [6.45, 7) is 2.20. The maximum atomic E-state index is 11.3. The van der Waals surface area contributed by atoms with Crippen LogP contribution in [0.5, 0.6) is 0 Å². The molecular weight excluding hydrogens is 198 g/mol. The van der Waals surface area contributed by atoms with Gasteiger partial charge in [-0.3, -0.25) is 0 Å². The van der Waals surface area contributed by atoms with E-state index in [4.69, 9.17) is 14.6 Å². The standard InChI is InChI=1S/C10H19NO4/c1-11(10(13)15-7-4-12)8-9-2-5-14-6-3-9/h9,12H,2-8H2,1H3. The lowest BCUT2D eigenvalue weighted by molar-refractivity contribution is 0.0480. The van der Waals surface area contributed by atoms with Crippen LogP contribution < -0.4 is 0 Å².